The Morgan fingerprint density at radius 2 is 1.75 bits per heavy atom. The average molecular weight is 444 g/mol. The number of nitro benzene ring substituents is 2. The first-order valence-electron chi connectivity index (χ1n) is 8.79. The SMILES string of the molecule is O=C(O)c1c(-c2ccccc2)c([N+](=O)[O-])c(OC(F)F)c2oc3ccc([N+](=O)[O-])cc3c12. The van der Waals surface area contributed by atoms with E-state index in [-0.39, 0.29) is 21.9 Å². The van der Waals surface area contributed by atoms with Crippen molar-refractivity contribution in [3.63, 3.8) is 0 Å². The maximum atomic E-state index is 13.2. The number of carboxylic acids is 1. The third-order valence-electron chi connectivity index (χ3n) is 4.71. The van der Waals surface area contributed by atoms with Gasteiger partial charge in [0.25, 0.3) is 5.69 Å². The van der Waals surface area contributed by atoms with Crippen LogP contribution in [0.4, 0.5) is 20.2 Å². The van der Waals surface area contributed by atoms with E-state index in [9.17, 15) is 38.9 Å². The van der Waals surface area contributed by atoms with Gasteiger partial charge in [0.15, 0.2) is 5.58 Å². The third-order valence-corrected chi connectivity index (χ3v) is 4.71. The Balaban J connectivity index is 2.32. The van der Waals surface area contributed by atoms with Crippen molar-refractivity contribution in [2.75, 3.05) is 0 Å². The van der Waals surface area contributed by atoms with E-state index in [1.165, 1.54) is 24.3 Å². The van der Waals surface area contributed by atoms with E-state index in [0.29, 0.717) is 0 Å². The summed E-state index contributed by atoms with van der Waals surface area (Å²) in [5.41, 5.74) is -3.30. The average Bonchev–Trinajstić information content (AvgIpc) is 3.11. The molecule has 10 nitrogen and oxygen atoms in total. The smallest absolute Gasteiger partial charge is 0.387 e. The summed E-state index contributed by atoms with van der Waals surface area (Å²) in [6, 6.07) is 10.4. The number of ether oxygens (including phenoxy) is 1. The summed E-state index contributed by atoms with van der Waals surface area (Å²) in [5.74, 6) is -2.61. The summed E-state index contributed by atoms with van der Waals surface area (Å²) < 4.78 is 36.3. The van der Waals surface area contributed by atoms with Gasteiger partial charge in [-0.2, -0.15) is 8.78 Å². The first-order chi connectivity index (χ1) is 15.2. The second-order valence-corrected chi connectivity index (χ2v) is 6.48. The first-order valence-corrected chi connectivity index (χ1v) is 8.79. The highest BCUT2D eigenvalue weighted by atomic mass is 19.3. The van der Waals surface area contributed by atoms with Crippen molar-refractivity contribution in [2.24, 2.45) is 0 Å². The third kappa shape index (κ3) is 3.23. The molecule has 0 saturated carbocycles. The van der Waals surface area contributed by atoms with Gasteiger partial charge in [0.05, 0.1) is 21.0 Å². The molecule has 1 aromatic heterocycles. The number of benzene rings is 3. The topological polar surface area (TPSA) is 146 Å². The van der Waals surface area contributed by atoms with Crippen LogP contribution in [0.15, 0.2) is 52.9 Å². The van der Waals surface area contributed by atoms with Crippen molar-refractivity contribution < 1.29 is 37.7 Å². The molecule has 0 atom stereocenters. The van der Waals surface area contributed by atoms with Gasteiger partial charge in [0, 0.05) is 22.9 Å². The van der Waals surface area contributed by atoms with Gasteiger partial charge in [-0.15, -0.1) is 0 Å². The van der Waals surface area contributed by atoms with Crippen LogP contribution in [-0.4, -0.2) is 27.5 Å². The van der Waals surface area contributed by atoms with Crippen LogP contribution in [-0.2, 0) is 0 Å². The molecule has 0 spiro atoms. The maximum Gasteiger partial charge on any atom is 0.387 e. The van der Waals surface area contributed by atoms with Crippen LogP contribution >= 0.6 is 0 Å². The molecule has 0 unspecified atom stereocenters. The highest BCUT2D eigenvalue weighted by Crippen LogP contribution is 2.50. The molecule has 12 heteroatoms. The number of halogens is 2. The monoisotopic (exact) mass is 444 g/mol. The van der Waals surface area contributed by atoms with E-state index < -0.39 is 56.3 Å². The summed E-state index contributed by atoms with van der Waals surface area (Å²) in [4.78, 5) is 33.7. The maximum absolute atomic E-state index is 13.2. The number of carbonyl (C=O) groups is 1. The summed E-state index contributed by atoms with van der Waals surface area (Å²) in [6.07, 6.45) is 0. The Hall–Kier alpha value is -4.61. The molecule has 0 fully saturated rings. The van der Waals surface area contributed by atoms with E-state index in [0.717, 1.165) is 18.2 Å². The van der Waals surface area contributed by atoms with Crippen LogP contribution in [0.2, 0.25) is 0 Å². The van der Waals surface area contributed by atoms with Gasteiger partial charge in [-0.1, -0.05) is 30.3 Å². The Morgan fingerprint density at radius 1 is 1.06 bits per heavy atom. The molecule has 4 rings (SSSR count). The molecule has 0 saturated heterocycles. The fraction of sp³-hybridized carbons (Fsp3) is 0.0500. The number of hydrogen-bond acceptors (Lipinski definition) is 7. The van der Waals surface area contributed by atoms with Crippen LogP contribution in [0.3, 0.4) is 0 Å². The van der Waals surface area contributed by atoms with E-state index in [1.807, 2.05) is 0 Å². The summed E-state index contributed by atoms with van der Waals surface area (Å²) in [5, 5.41) is 32.7. The van der Waals surface area contributed by atoms with Crippen molar-refractivity contribution in [1.29, 1.82) is 0 Å². The fourth-order valence-electron chi connectivity index (χ4n) is 3.54. The molecule has 1 heterocycles. The predicted molar refractivity (Wildman–Crippen MR) is 106 cm³/mol. The van der Waals surface area contributed by atoms with Crippen LogP contribution in [0.25, 0.3) is 33.1 Å². The van der Waals surface area contributed by atoms with Crippen LogP contribution in [0.1, 0.15) is 10.4 Å². The zero-order valence-corrected chi connectivity index (χ0v) is 15.7. The summed E-state index contributed by atoms with van der Waals surface area (Å²) >= 11 is 0. The number of fused-ring (bicyclic) bond motifs is 3. The molecule has 0 radical (unpaired) electrons. The number of aromatic carboxylic acids is 1. The molecule has 0 bridgehead atoms. The van der Waals surface area contributed by atoms with E-state index in [4.69, 9.17) is 4.42 Å². The standard InChI is InChI=1S/C20H10F2N2O8/c21-20(22)32-18-16(24(29)30)13(9-4-2-1-3-5-9)15(19(25)26)14-11-8-10(23(27)28)6-7-12(11)31-17(14)18/h1-8,20H,(H,25,26). The van der Waals surface area contributed by atoms with Gasteiger partial charge in [0.1, 0.15) is 5.58 Å². The molecule has 0 aliphatic heterocycles. The number of nitro groups is 2. The molecule has 32 heavy (non-hydrogen) atoms. The van der Waals surface area contributed by atoms with E-state index >= 15 is 0 Å². The molecular weight excluding hydrogens is 434 g/mol. The van der Waals surface area contributed by atoms with Crippen molar-refractivity contribution in [3.8, 4) is 16.9 Å². The number of nitrogens with zero attached hydrogens (tertiary/aromatic N) is 2. The second kappa shape index (κ2) is 7.58. The highest BCUT2D eigenvalue weighted by Gasteiger charge is 2.37. The quantitative estimate of drug-likeness (QED) is 0.308. The highest BCUT2D eigenvalue weighted by molar-refractivity contribution is 6.22. The zero-order chi connectivity index (χ0) is 23.2. The number of non-ortho nitro benzene ring substituents is 1. The Kier molecular flexibility index (Phi) is 4.89. The normalized spacial score (nSPS) is 11.2. The molecule has 162 valence electrons. The molecule has 0 aliphatic rings. The molecule has 0 amide bonds. The van der Waals surface area contributed by atoms with Crippen LogP contribution in [0, 0.1) is 20.2 Å². The van der Waals surface area contributed by atoms with Gasteiger partial charge in [-0.25, -0.2) is 4.79 Å². The van der Waals surface area contributed by atoms with Crippen molar-refractivity contribution in [3.05, 3.63) is 74.3 Å². The molecular formula is C20H10F2N2O8. The Labute approximate surface area is 175 Å². The minimum atomic E-state index is -3.50. The number of rotatable bonds is 6. The van der Waals surface area contributed by atoms with Crippen LogP contribution < -0.4 is 4.74 Å². The van der Waals surface area contributed by atoms with Gasteiger partial charge in [0.2, 0.25) is 5.75 Å². The van der Waals surface area contributed by atoms with Gasteiger partial charge < -0.3 is 14.3 Å². The lowest BCUT2D eigenvalue weighted by Crippen LogP contribution is -2.09. The number of carboxylic acid groups (broad SMARTS) is 1. The lowest BCUT2D eigenvalue weighted by molar-refractivity contribution is -0.385. The predicted octanol–water partition coefficient (Wildman–Crippen LogP) is 5.37. The zero-order valence-electron chi connectivity index (χ0n) is 15.7. The van der Waals surface area contributed by atoms with Crippen molar-refractivity contribution in [1.82, 2.24) is 0 Å². The van der Waals surface area contributed by atoms with Gasteiger partial charge in [-0.05, 0) is 11.6 Å². The first kappa shape index (κ1) is 20.7. The molecule has 1 N–H and O–H groups in total. The van der Waals surface area contributed by atoms with E-state index in [1.54, 1.807) is 6.07 Å². The molecule has 3 aromatic carbocycles. The van der Waals surface area contributed by atoms with E-state index in [2.05, 4.69) is 4.74 Å². The summed E-state index contributed by atoms with van der Waals surface area (Å²) in [6.45, 7) is -3.50. The Morgan fingerprint density at radius 3 is 2.31 bits per heavy atom. The number of hydrogen-bond donors (Lipinski definition) is 1. The number of alkyl halides is 2. The molecule has 4 aromatic rings. The fourth-order valence-corrected chi connectivity index (χ4v) is 3.54. The lowest BCUT2D eigenvalue weighted by Gasteiger charge is -2.13. The van der Waals surface area contributed by atoms with Gasteiger partial charge >= 0.3 is 18.3 Å². The summed E-state index contributed by atoms with van der Waals surface area (Å²) in [7, 11) is 0. The van der Waals surface area contributed by atoms with Crippen molar-refractivity contribution >= 4 is 39.3 Å². The minimum Gasteiger partial charge on any atom is -0.478 e. The van der Waals surface area contributed by atoms with Gasteiger partial charge in [-0.3, -0.25) is 20.2 Å². The number of furan rings is 1. The lowest BCUT2D eigenvalue weighted by atomic mass is 9.92. The minimum absolute atomic E-state index is 0.0393. The Bertz CT molecular complexity index is 1420. The van der Waals surface area contributed by atoms with Crippen molar-refractivity contribution in [2.45, 2.75) is 6.61 Å². The largest absolute Gasteiger partial charge is 0.478 e. The second-order valence-electron chi connectivity index (χ2n) is 6.48. The molecule has 0 aliphatic carbocycles. The van der Waals surface area contributed by atoms with Crippen LogP contribution in [0.5, 0.6) is 5.75 Å².